The fraction of sp³-hybridized carbons (Fsp3) is 0.250. The second kappa shape index (κ2) is 5.14. The molecule has 1 aromatic rings. The van der Waals surface area contributed by atoms with Crippen molar-refractivity contribution in [2.75, 3.05) is 7.11 Å². The number of hydrogen-bond acceptors (Lipinski definition) is 3. The van der Waals surface area contributed by atoms with Crippen LogP contribution in [0, 0.1) is 0 Å². The second-order valence-electron chi connectivity index (χ2n) is 2.36. The van der Waals surface area contributed by atoms with Crippen LogP contribution in [0.4, 0.5) is 0 Å². The van der Waals surface area contributed by atoms with Crippen LogP contribution in [0.2, 0.25) is 0 Å². The first-order valence-corrected chi connectivity index (χ1v) is 4.97. The molecule has 2 unspecified atom stereocenters. The molecule has 0 aliphatic rings. The van der Waals surface area contributed by atoms with Crippen LogP contribution in [-0.4, -0.2) is 12.0 Å². The van der Waals surface area contributed by atoms with Gasteiger partial charge in [0.2, 0.25) is 0 Å². The number of ether oxygens (including phenoxy) is 1. The minimum Gasteiger partial charge on any atom is -0.351 e. The normalized spacial score (nSPS) is 15.2. The van der Waals surface area contributed by atoms with E-state index in [2.05, 4.69) is 4.52 Å². The summed E-state index contributed by atoms with van der Waals surface area (Å²) in [5.74, 6) is 0. The van der Waals surface area contributed by atoms with Gasteiger partial charge in [0, 0.05) is 12.7 Å². The van der Waals surface area contributed by atoms with Gasteiger partial charge in [-0.2, -0.15) is 0 Å². The van der Waals surface area contributed by atoms with Gasteiger partial charge < -0.3 is 9.63 Å². The summed E-state index contributed by atoms with van der Waals surface area (Å²) in [5, 5.41) is 0. The van der Waals surface area contributed by atoms with Crippen LogP contribution in [0.5, 0.6) is 0 Å². The Morgan fingerprint density at radius 3 is 2.46 bits per heavy atom. The molecule has 0 heterocycles. The van der Waals surface area contributed by atoms with Gasteiger partial charge in [-0.05, 0) is 0 Å². The average Bonchev–Trinajstić information content (AvgIpc) is 2.15. The Hall–Kier alpha value is -0.670. The summed E-state index contributed by atoms with van der Waals surface area (Å²) >= 11 is 0. The molecule has 0 aliphatic heterocycles. The summed E-state index contributed by atoms with van der Waals surface area (Å²) in [6.07, 6.45) is -0.766. The van der Waals surface area contributed by atoms with Gasteiger partial charge in [-0.25, -0.2) is 0 Å². The lowest BCUT2D eigenvalue weighted by atomic mass is 10.2. The molecule has 0 aliphatic carbocycles. The van der Waals surface area contributed by atoms with Crippen molar-refractivity contribution in [1.29, 1.82) is 0 Å². The van der Waals surface area contributed by atoms with Crippen molar-refractivity contribution in [3.63, 3.8) is 0 Å². The van der Waals surface area contributed by atoms with E-state index in [4.69, 9.17) is 9.63 Å². The Morgan fingerprint density at radius 2 is 2.00 bits per heavy atom. The predicted octanol–water partition coefficient (Wildman–Crippen LogP) is 1.73. The molecule has 72 valence electrons. The first kappa shape index (κ1) is 10.4. The zero-order chi connectivity index (χ0) is 9.68. The lowest BCUT2D eigenvalue weighted by Crippen LogP contribution is -2.01. The molecular weight excluding hydrogens is 191 g/mol. The molecule has 2 atom stereocenters. The van der Waals surface area contributed by atoms with E-state index in [1.165, 1.54) is 7.11 Å². The number of hydrogen-bond donors (Lipinski definition) is 1. The van der Waals surface area contributed by atoms with E-state index >= 15 is 0 Å². The summed E-state index contributed by atoms with van der Waals surface area (Å²) in [6, 6.07) is 8.98. The van der Waals surface area contributed by atoms with Crippen LogP contribution in [-0.2, 0) is 13.8 Å². The molecule has 0 aromatic heterocycles. The van der Waals surface area contributed by atoms with E-state index in [0.29, 0.717) is 0 Å². The van der Waals surface area contributed by atoms with Crippen molar-refractivity contribution in [2.24, 2.45) is 0 Å². The highest BCUT2D eigenvalue weighted by molar-refractivity contribution is 7.32. The summed E-state index contributed by atoms with van der Waals surface area (Å²) in [4.78, 5) is 8.56. The number of methoxy groups -OCH3 is 1. The Morgan fingerprint density at radius 1 is 1.38 bits per heavy atom. The topological polar surface area (TPSA) is 55.8 Å². The molecule has 0 saturated carbocycles. The van der Waals surface area contributed by atoms with E-state index < -0.39 is 14.5 Å². The molecule has 1 rings (SSSR count). The van der Waals surface area contributed by atoms with Gasteiger partial charge in [0.15, 0.2) is 6.29 Å². The molecule has 0 spiro atoms. The van der Waals surface area contributed by atoms with Crippen LogP contribution in [0.15, 0.2) is 30.3 Å². The van der Waals surface area contributed by atoms with E-state index in [9.17, 15) is 4.57 Å². The minimum atomic E-state index is -2.97. The zero-order valence-corrected chi connectivity index (χ0v) is 8.14. The molecule has 0 fully saturated rings. The quantitative estimate of drug-likeness (QED) is 0.596. The van der Waals surface area contributed by atoms with Gasteiger partial charge in [0.25, 0.3) is 0 Å². The third kappa shape index (κ3) is 3.28. The molecule has 0 amide bonds. The monoisotopic (exact) mass is 202 g/mol. The van der Waals surface area contributed by atoms with Gasteiger partial charge in [-0.3, -0.25) is 9.09 Å². The smallest absolute Gasteiger partial charge is 0.319 e. The van der Waals surface area contributed by atoms with Crippen LogP contribution in [0.3, 0.4) is 0 Å². The maximum Gasteiger partial charge on any atom is 0.319 e. The Bertz CT molecular complexity index is 275. The lowest BCUT2D eigenvalue weighted by Gasteiger charge is -2.13. The maximum atomic E-state index is 10.4. The molecule has 5 heteroatoms. The average molecular weight is 202 g/mol. The van der Waals surface area contributed by atoms with Gasteiger partial charge in [-0.1, -0.05) is 30.3 Å². The van der Waals surface area contributed by atoms with Crippen LogP contribution in [0.25, 0.3) is 0 Å². The molecule has 13 heavy (non-hydrogen) atoms. The van der Waals surface area contributed by atoms with Crippen LogP contribution >= 0.6 is 8.25 Å². The van der Waals surface area contributed by atoms with Crippen molar-refractivity contribution in [1.82, 2.24) is 0 Å². The fourth-order valence-corrected chi connectivity index (χ4v) is 1.37. The van der Waals surface area contributed by atoms with Gasteiger partial charge in [-0.15, -0.1) is 0 Å². The van der Waals surface area contributed by atoms with Crippen molar-refractivity contribution < 1.29 is 18.7 Å². The molecule has 4 nitrogen and oxygen atoms in total. The number of rotatable bonds is 4. The lowest BCUT2D eigenvalue weighted by molar-refractivity contribution is -0.0571. The second-order valence-corrected chi connectivity index (χ2v) is 3.13. The summed E-state index contributed by atoms with van der Waals surface area (Å²) in [6.45, 7) is 0. The molecule has 1 N–H and O–H groups in total. The Kier molecular flexibility index (Phi) is 4.12. The first-order valence-electron chi connectivity index (χ1n) is 3.71. The molecule has 0 radical (unpaired) electrons. The minimum absolute atomic E-state index is 0.720. The summed E-state index contributed by atoms with van der Waals surface area (Å²) < 4.78 is 20.0. The maximum absolute atomic E-state index is 10.4. The Balaban J connectivity index is 2.73. The molecule has 0 saturated heterocycles. The van der Waals surface area contributed by atoms with Crippen molar-refractivity contribution in [3.05, 3.63) is 35.9 Å². The van der Waals surface area contributed by atoms with E-state index in [1.807, 2.05) is 6.07 Å². The standard InChI is InChI=1S/C8H11O4P/c1-11-8(12-13(9)10)7-5-3-2-4-6-7/h2-6,8,13H,1H3,(H,9,10). The molecule has 1 aromatic carbocycles. The van der Waals surface area contributed by atoms with Crippen molar-refractivity contribution >= 4 is 8.25 Å². The van der Waals surface area contributed by atoms with E-state index in [0.717, 1.165) is 5.56 Å². The van der Waals surface area contributed by atoms with E-state index in [-0.39, 0.29) is 0 Å². The van der Waals surface area contributed by atoms with Crippen LogP contribution in [0.1, 0.15) is 11.9 Å². The van der Waals surface area contributed by atoms with Crippen molar-refractivity contribution in [2.45, 2.75) is 6.29 Å². The van der Waals surface area contributed by atoms with Crippen molar-refractivity contribution in [3.8, 4) is 0 Å². The molecular formula is C8H11O4P. The van der Waals surface area contributed by atoms with E-state index in [1.54, 1.807) is 24.3 Å². The SMILES string of the molecule is COC(O[PH](=O)O)c1ccccc1. The zero-order valence-electron chi connectivity index (χ0n) is 7.14. The molecule has 0 bridgehead atoms. The Labute approximate surface area is 77.1 Å². The highest BCUT2D eigenvalue weighted by Gasteiger charge is 2.11. The third-order valence-electron chi connectivity index (χ3n) is 1.49. The fourth-order valence-electron chi connectivity index (χ4n) is 0.954. The first-order chi connectivity index (χ1) is 6.24. The van der Waals surface area contributed by atoms with Gasteiger partial charge in [0.05, 0.1) is 0 Å². The summed E-state index contributed by atoms with van der Waals surface area (Å²) in [7, 11) is -1.55. The predicted molar refractivity (Wildman–Crippen MR) is 48.5 cm³/mol. The van der Waals surface area contributed by atoms with Gasteiger partial charge >= 0.3 is 8.25 Å². The third-order valence-corrected chi connectivity index (χ3v) is 1.91. The highest BCUT2D eigenvalue weighted by Crippen LogP contribution is 2.28. The highest BCUT2D eigenvalue weighted by atomic mass is 31.1. The van der Waals surface area contributed by atoms with Crippen LogP contribution < -0.4 is 0 Å². The number of benzene rings is 1. The van der Waals surface area contributed by atoms with Gasteiger partial charge in [0.1, 0.15) is 0 Å². The largest absolute Gasteiger partial charge is 0.351 e. The summed E-state index contributed by atoms with van der Waals surface area (Å²) in [5.41, 5.74) is 0.720.